The number of carbonyl (C=O) groups excluding carboxylic acids is 1. The Labute approximate surface area is 147 Å². The van der Waals surface area contributed by atoms with Crippen LogP contribution in [0.5, 0.6) is 0 Å². The lowest BCUT2D eigenvalue weighted by molar-refractivity contribution is 0.0600. The summed E-state index contributed by atoms with van der Waals surface area (Å²) in [5, 5.41) is 1.16. The van der Waals surface area contributed by atoms with E-state index in [1.165, 1.54) is 12.7 Å². The highest BCUT2D eigenvalue weighted by molar-refractivity contribution is 5.89. The van der Waals surface area contributed by atoms with Gasteiger partial charge in [-0.1, -0.05) is 42.5 Å². The average Bonchev–Trinajstić information content (AvgIpc) is 3.04. The van der Waals surface area contributed by atoms with E-state index in [4.69, 9.17) is 9.15 Å². The van der Waals surface area contributed by atoms with Crippen molar-refractivity contribution in [2.45, 2.75) is 6.54 Å². The molecule has 0 spiro atoms. The van der Waals surface area contributed by atoms with Gasteiger partial charge in [-0.3, -0.25) is 4.90 Å². The molecule has 0 fully saturated rings. The van der Waals surface area contributed by atoms with Gasteiger partial charge in [0.15, 0.2) is 0 Å². The van der Waals surface area contributed by atoms with Crippen molar-refractivity contribution in [2.24, 2.45) is 0 Å². The van der Waals surface area contributed by atoms with E-state index in [0.29, 0.717) is 5.56 Å². The number of carbonyl (C=O) groups is 1. The maximum atomic E-state index is 11.4. The summed E-state index contributed by atoms with van der Waals surface area (Å²) in [6, 6.07) is 15.4. The Hall–Kier alpha value is -2.85. The highest BCUT2D eigenvalue weighted by Gasteiger charge is 2.07. The Kier molecular flexibility index (Phi) is 5.31. The summed E-state index contributed by atoms with van der Waals surface area (Å²) in [6.07, 6.45) is 5.98. The number of hydrogen-bond acceptors (Lipinski definition) is 4. The summed E-state index contributed by atoms with van der Waals surface area (Å²) < 4.78 is 10.3. The fraction of sp³-hybridized carbons (Fsp3) is 0.190. The number of furan rings is 1. The van der Waals surface area contributed by atoms with Gasteiger partial charge in [0.1, 0.15) is 5.58 Å². The van der Waals surface area contributed by atoms with Gasteiger partial charge in [0.25, 0.3) is 0 Å². The number of ether oxygens (including phenoxy) is 1. The quantitative estimate of drug-likeness (QED) is 0.628. The molecule has 4 heteroatoms. The molecule has 0 saturated heterocycles. The fourth-order valence-corrected chi connectivity index (χ4v) is 2.73. The van der Waals surface area contributed by atoms with Crippen LogP contribution in [0.4, 0.5) is 0 Å². The van der Waals surface area contributed by atoms with Gasteiger partial charge in [0.05, 0.1) is 18.9 Å². The van der Waals surface area contributed by atoms with Gasteiger partial charge < -0.3 is 9.15 Å². The minimum Gasteiger partial charge on any atom is -0.465 e. The van der Waals surface area contributed by atoms with E-state index in [1.807, 2.05) is 42.7 Å². The minimum atomic E-state index is -0.317. The third kappa shape index (κ3) is 4.17. The van der Waals surface area contributed by atoms with Crippen LogP contribution in [-0.2, 0) is 11.3 Å². The molecule has 0 saturated carbocycles. The van der Waals surface area contributed by atoms with E-state index >= 15 is 0 Å². The molecule has 128 valence electrons. The van der Waals surface area contributed by atoms with Crippen molar-refractivity contribution in [1.29, 1.82) is 0 Å². The molecule has 1 heterocycles. The summed E-state index contributed by atoms with van der Waals surface area (Å²) in [6.45, 7) is 1.64. The van der Waals surface area contributed by atoms with Crippen molar-refractivity contribution in [1.82, 2.24) is 4.90 Å². The van der Waals surface area contributed by atoms with Crippen LogP contribution in [0.15, 0.2) is 65.3 Å². The number of para-hydroxylation sites is 1. The van der Waals surface area contributed by atoms with E-state index in [2.05, 4.69) is 24.1 Å². The number of methoxy groups -OCH3 is 1. The maximum Gasteiger partial charge on any atom is 0.337 e. The molecule has 3 rings (SSSR count). The molecule has 0 aliphatic rings. The van der Waals surface area contributed by atoms with E-state index in [-0.39, 0.29) is 5.97 Å². The van der Waals surface area contributed by atoms with Crippen LogP contribution in [0, 0.1) is 0 Å². The van der Waals surface area contributed by atoms with Crippen molar-refractivity contribution in [3.63, 3.8) is 0 Å². The Balaban J connectivity index is 1.57. The molecule has 0 aliphatic carbocycles. The second-order valence-corrected chi connectivity index (χ2v) is 5.97. The Bertz CT molecular complexity index is 878. The first-order valence-corrected chi connectivity index (χ1v) is 8.16. The van der Waals surface area contributed by atoms with Crippen molar-refractivity contribution < 1.29 is 13.9 Å². The molecule has 0 bridgehead atoms. The van der Waals surface area contributed by atoms with Crippen molar-refractivity contribution in [2.75, 3.05) is 20.7 Å². The molecule has 0 unspecified atom stereocenters. The standard InChI is InChI=1S/C21H21NO3/c1-22(14-18-15-25-20-8-4-3-7-19(18)20)13-5-6-16-9-11-17(12-10-16)21(23)24-2/h3-12,15H,13-14H2,1-2H3. The van der Waals surface area contributed by atoms with Gasteiger partial charge in [-0.05, 0) is 30.8 Å². The van der Waals surface area contributed by atoms with Crippen LogP contribution in [0.1, 0.15) is 21.5 Å². The summed E-state index contributed by atoms with van der Waals surface area (Å²) >= 11 is 0. The first-order valence-electron chi connectivity index (χ1n) is 8.16. The SMILES string of the molecule is COC(=O)c1ccc(C=CCN(C)Cc2coc3ccccc23)cc1. The second-order valence-electron chi connectivity index (χ2n) is 5.97. The zero-order valence-corrected chi connectivity index (χ0v) is 14.4. The first kappa shape index (κ1) is 17.0. The Morgan fingerprint density at radius 1 is 1.16 bits per heavy atom. The van der Waals surface area contributed by atoms with Crippen LogP contribution in [0.2, 0.25) is 0 Å². The molecule has 0 amide bonds. The van der Waals surface area contributed by atoms with E-state index in [9.17, 15) is 4.79 Å². The number of rotatable bonds is 6. The van der Waals surface area contributed by atoms with E-state index in [1.54, 1.807) is 12.1 Å². The summed E-state index contributed by atoms with van der Waals surface area (Å²) in [5.41, 5.74) is 3.72. The van der Waals surface area contributed by atoms with Gasteiger partial charge in [0.2, 0.25) is 0 Å². The number of esters is 1. The highest BCUT2D eigenvalue weighted by Crippen LogP contribution is 2.21. The normalized spacial score (nSPS) is 11.5. The van der Waals surface area contributed by atoms with Crippen molar-refractivity contribution in [3.8, 4) is 0 Å². The van der Waals surface area contributed by atoms with Gasteiger partial charge in [-0.25, -0.2) is 4.79 Å². The lowest BCUT2D eigenvalue weighted by Gasteiger charge is -2.13. The zero-order valence-electron chi connectivity index (χ0n) is 14.4. The molecule has 1 aromatic heterocycles. The van der Waals surface area contributed by atoms with Crippen LogP contribution in [-0.4, -0.2) is 31.6 Å². The molecule has 2 aromatic carbocycles. The molecular weight excluding hydrogens is 314 g/mol. The number of nitrogens with zero attached hydrogens (tertiary/aromatic N) is 1. The van der Waals surface area contributed by atoms with Crippen molar-refractivity contribution in [3.05, 3.63) is 77.6 Å². The van der Waals surface area contributed by atoms with Crippen LogP contribution in [0.3, 0.4) is 0 Å². The topological polar surface area (TPSA) is 42.7 Å². The lowest BCUT2D eigenvalue weighted by Crippen LogP contribution is -2.17. The lowest BCUT2D eigenvalue weighted by atomic mass is 10.1. The summed E-state index contributed by atoms with van der Waals surface area (Å²) in [4.78, 5) is 13.6. The van der Waals surface area contributed by atoms with Gasteiger partial charge >= 0.3 is 5.97 Å². The average molecular weight is 335 g/mol. The summed E-state index contributed by atoms with van der Waals surface area (Å²) in [7, 11) is 3.46. The molecule has 0 radical (unpaired) electrons. The minimum absolute atomic E-state index is 0.317. The maximum absolute atomic E-state index is 11.4. The predicted octanol–water partition coefficient (Wildman–Crippen LogP) is 4.36. The van der Waals surface area contributed by atoms with Crippen molar-refractivity contribution >= 4 is 23.0 Å². The Morgan fingerprint density at radius 2 is 1.92 bits per heavy atom. The van der Waals surface area contributed by atoms with E-state index in [0.717, 1.165) is 29.6 Å². The van der Waals surface area contributed by atoms with Gasteiger partial charge in [0, 0.05) is 24.0 Å². The molecule has 0 aliphatic heterocycles. The first-order chi connectivity index (χ1) is 12.2. The van der Waals surface area contributed by atoms with Crippen LogP contribution < -0.4 is 0 Å². The number of benzene rings is 2. The third-order valence-electron chi connectivity index (χ3n) is 4.06. The zero-order chi connectivity index (χ0) is 17.6. The second kappa shape index (κ2) is 7.81. The number of fused-ring (bicyclic) bond motifs is 1. The predicted molar refractivity (Wildman–Crippen MR) is 99.4 cm³/mol. The number of hydrogen-bond donors (Lipinski definition) is 0. The molecule has 25 heavy (non-hydrogen) atoms. The van der Waals surface area contributed by atoms with E-state index < -0.39 is 0 Å². The van der Waals surface area contributed by atoms with Gasteiger partial charge in [-0.15, -0.1) is 0 Å². The molecule has 0 N–H and O–H groups in total. The third-order valence-corrected chi connectivity index (χ3v) is 4.06. The molecular formula is C21H21NO3. The van der Waals surface area contributed by atoms with Crippen LogP contribution in [0.25, 0.3) is 17.0 Å². The largest absolute Gasteiger partial charge is 0.465 e. The smallest absolute Gasteiger partial charge is 0.337 e. The van der Waals surface area contributed by atoms with Gasteiger partial charge in [-0.2, -0.15) is 0 Å². The Morgan fingerprint density at radius 3 is 2.68 bits per heavy atom. The summed E-state index contributed by atoms with van der Waals surface area (Å²) in [5.74, 6) is -0.317. The van der Waals surface area contributed by atoms with Crippen LogP contribution >= 0.6 is 0 Å². The highest BCUT2D eigenvalue weighted by atomic mass is 16.5. The number of likely N-dealkylation sites (N-methyl/N-ethyl adjacent to an activating group) is 1. The molecule has 4 nitrogen and oxygen atoms in total. The molecule has 0 atom stereocenters. The fourth-order valence-electron chi connectivity index (χ4n) is 2.73. The monoisotopic (exact) mass is 335 g/mol. The molecule has 3 aromatic rings.